The zero-order chi connectivity index (χ0) is 14.0. The van der Waals surface area contributed by atoms with Crippen molar-refractivity contribution < 1.29 is 9.90 Å². The van der Waals surface area contributed by atoms with Crippen LogP contribution in [0.2, 0.25) is 0 Å². The summed E-state index contributed by atoms with van der Waals surface area (Å²) in [6, 6.07) is 7.81. The maximum atomic E-state index is 11.1. The van der Waals surface area contributed by atoms with Crippen LogP contribution in [0.1, 0.15) is 29.9 Å². The summed E-state index contributed by atoms with van der Waals surface area (Å²) in [4.78, 5) is 12.4. The number of aromatic carboxylic acids is 1. The lowest BCUT2D eigenvalue weighted by molar-refractivity contribution is 0.0690. The fourth-order valence-corrected chi connectivity index (χ4v) is 2.02. The molecular formula is C14H17N3O2. The van der Waals surface area contributed by atoms with Gasteiger partial charge in [0.2, 0.25) is 0 Å². The fourth-order valence-electron chi connectivity index (χ4n) is 2.02. The highest BCUT2D eigenvalue weighted by Crippen LogP contribution is 2.21. The van der Waals surface area contributed by atoms with E-state index in [1.54, 1.807) is 7.05 Å². The Kier molecular flexibility index (Phi) is 3.64. The smallest absolute Gasteiger partial charge is 0.358 e. The average Bonchev–Trinajstić information content (AvgIpc) is 2.72. The molecule has 0 saturated carbocycles. The Morgan fingerprint density at radius 2 is 1.89 bits per heavy atom. The van der Waals surface area contributed by atoms with Gasteiger partial charge in [0.1, 0.15) is 5.69 Å². The highest BCUT2D eigenvalue weighted by Gasteiger charge is 2.18. The lowest BCUT2D eigenvalue weighted by Gasteiger charge is -2.05. The second-order valence-corrected chi connectivity index (χ2v) is 4.99. The maximum Gasteiger partial charge on any atom is 0.358 e. The number of carbonyl (C=O) groups is 1. The lowest BCUT2D eigenvalue weighted by Crippen LogP contribution is -2.00. The summed E-state index contributed by atoms with van der Waals surface area (Å²) in [5, 5.41) is 17.1. The van der Waals surface area contributed by atoms with Gasteiger partial charge in [-0.1, -0.05) is 38.1 Å². The van der Waals surface area contributed by atoms with Crippen LogP contribution in [0.5, 0.6) is 0 Å². The van der Waals surface area contributed by atoms with E-state index in [2.05, 4.69) is 24.0 Å². The molecule has 0 bridgehead atoms. The summed E-state index contributed by atoms with van der Waals surface area (Å²) >= 11 is 0. The topological polar surface area (TPSA) is 68.0 Å². The third-order valence-corrected chi connectivity index (χ3v) is 2.79. The highest BCUT2D eigenvalue weighted by atomic mass is 16.4. The molecule has 0 aliphatic heterocycles. The molecule has 1 N–H and O–H groups in total. The maximum absolute atomic E-state index is 11.1. The predicted octanol–water partition coefficient (Wildman–Crippen LogP) is 2.38. The minimum Gasteiger partial charge on any atom is -0.476 e. The Labute approximate surface area is 111 Å². The van der Waals surface area contributed by atoms with E-state index in [9.17, 15) is 4.79 Å². The van der Waals surface area contributed by atoms with Crippen molar-refractivity contribution >= 4 is 5.97 Å². The second kappa shape index (κ2) is 5.22. The number of benzene rings is 1. The minimum absolute atomic E-state index is 0.0147. The molecule has 0 radical (unpaired) electrons. The van der Waals surface area contributed by atoms with E-state index >= 15 is 0 Å². The van der Waals surface area contributed by atoms with Gasteiger partial charge >= 0.3 is 5.97 Å². The van der Waals surface area contributed by atoms with Gasteiger partial charge < -0.3 is 5.11 Å². The molecule has 0 spiro atoms. The second-order valence-electron chi connectivity index (χ2n) is 4.99. The van der Waals surface area contributed by atoms with E-state index in [1.165, 1.54) is 10.4 Å². The molecule has 2 aromatic rings. The summed E-state index contributed by atoms with van der Waals surface area (Å²) in [5.74, 6) is -0.466. The first-order valence-corrected chi connectivity index (χ1v) is 6.21. The summed E-state index contributed by atoms with van der Waals surface area (Å²) < 4.78 is 0. The van der Waals surface area contributed by atoms with Crippen molar-refractivity contribution in [3.05, 3.63) is 35.5 Å². The van der Waals surface area contributed by atoms with Crippen LogP contribution < -0.4 is 0 Å². The standard InChI is InChI=1S/C14H17N3O2/c1-9(2)8-10-4-6-11(7-5-10)12-13(14(18)19)16-17(3)15-12/h4-7,9H,8H2,1-3H3,(H,18,19). The molecule has 0 amide bonds. The molecule has 19 heavy (non-hydrogen) atoms. The van der Waals surface area contributed by atoms with Crippen molar-refractivity contribution in [1.82, 2.24) is 15.0 Å². The first-order chi connectivity index (χ1) is 8.97. The van der Waals surface area contributed by atoms with Crippen LogP contribution in [0.3, 0.4) is 0 Å². The van der Waals surface area contributed by atoms with Crippen molar-refractivity contribution in [3.63, 3.8) is 0 Å². The number of nitrogens with zero attached hydrogens (tertiary/aromatic N) is 3. The van der Waals surface area contributed by atoms with Crippen LogP contribution in [-0.4, -0.2) is 26.1 Å². The van der Waals surface area contributed by atoms with Gasteiger partial charge in [0.15, 0.2) is 5.69 Å². The van der Waals surface area contributed by atoms with E-state index in [4.69, 9.17) is 5.11 Å². The first kappa shape index (κ1) is 13.3. The highest BCUT2D eigenvalue weighted by molar-refractivity contribution is 5.92. The van der Waals surface area contributed by atoms with E-state index in [0.29, 0.717) is 11.6 Å². The number of aryl methyl sites for hydroxylation is 1. The fraction of sp³-hybridized carbons (Fsp3) is 0.357. The molecule has 2 rings (SSSR count). The van der Waals surface area contributed by atoms with Crippen LogP contribution in [0.4, 0.5) is 0 Å². The Hall–Kier alpha value is -2.17. The molecule has 0 saturated heterocycles. The van der Waals surface area contributed by atoms with E-state index < -0.39 is 5.97 Å². The Morgan fingerprint density at radius 1 is 1.26 bits per heavy atom. The molecule has 1 aromatic heterocycles. The van der Waals surface area contributed by atoms with Crippen molar-refractivity contribution in [1.29, 1.82) is 0 Å². The molecule has 0 aliphatic carbocycles. The average molecular weight is 259 g/mol. The van der Waals surface area contributed by atoms with E-state index in [0.717, 1.165) is 12.0 Å². The molecular weight excluding hydrogens is 242 g/mol. The van der Waals surface area contributed by atoms with Crippen LogP contribution in [0.15, 0.2) is 24.3 Å². The number of aromatic nitrogens is 3. The van der Waals surface area contributed by atoms with Crippen LogP contribution in [0.25, 0.3) is 11.3 Å². The lowest BCUT2D eigenvalue weighted by atomic mass is 10.0. The normalized spacial score (nSPS) is 10.9. The molecule has 5 nitrogen and oxygen atoms in total. The molecule has 5 heteroatoms. The number of hydrogen-bond acceptors (Lipinski definition) is 3. The molecule has 0 atom stereocenters. The summed E-state index contributed by atoms with van der Waals surface area (Å²) in [5.41, 5.74) is 2.41. The van der Waals surface area contributed by atoms with Gasteiger partial charge in [-0.25, -0.2) is 4.79 Å². The quantitative estimate of drug-likeness (QED) is 0.915. The Bertz CT molecular complexity index is 585. The van der Waals surface area contributed by atoms with Gasteiger partial charge in [-0.3, -0.25) is 0 Å². The van der Waals surface area contributed by atoms with E-state index in [-0.39, 0.29) is 5.69 Å². The van der Waals surface area contributed by atoms with Gasteiger partial charge in [-0.2, -0.15) is 9.90 Å². The Balaban J connectivity index is 2.34. The number of rotatable bonds is 4. The first-order valence-electron chi connectivity index (χ1n) is 6.21. The van der Waals surface area contributed by atoms with Crippen molar-refractivity contribution in [2.24, 2.45) is 13.0 Å². The minimum atomic E-state index is -1.06. The zero-order valence-corrected chi connectivity index (χ0v) is 11.3. The number of carboxylic acid groups (broad SMARTS) is 1. The van der Waals surface area contributed by atoms with Gasteiger partial charge in [0.25, 0.3) is 0 Å². The van der Waals surface area contributed by atoms with Crippen molar-refractivity contribution in [2.45, 2.75) is 20.3 Å². The SMILES string of the molecule is CC(C)Cc1ccc(-c2nn(C)nc2C(=O)O)cc1. The molecule has 0 aliphatic rings. The van der Waals surface area contributed by atoms with E-state index in [1.807, 2.05) is 24.3 Å². The molecule has 0 fully saturated rings. The zero-order valence-electron chi connectivity index (χ0n) is 11.3. The third-order valence-electron chi connectivity index (χ3n) is 2.79. The third kappa shape index (κ3) is 2.99. The van der Waals surface area contributed by atoms with Crippen molar-refractivity contribution in [3.8, 4) is 11.3 Å². The van der Waals surface area contributed by atoms with Crippen LogP contribution in [0, 0.1) is 5.92 Å². The monoisotopic (exact) mass is 259 g/mol. The largest absolute Gasteiger partial charge is 0.476 e. The molecule has 1 heterocycles. The number of hydrogen-bond donors (Lipinski definition) is 1. The predicted molar refractivity (Wildman–Crippen MR) is 71.9 cm³/mol. The number of carboxylic acids is 1. The summed E-state index contributed by atoms with van der Waals surface area (Å²) in [7, 11) is 1.61. The van der Waals surface area contributed by atoms with Gasteiger partial charge in [-0.05, 0) is 17.9 Å². The van der Waals surface area contributed by atoms with Gasteiger partial charge in [0, 0.05) is 12.6 Å². The van der Waals surface area contributed by atoms with Crippen molar-refractivity contribution in [2.75, 3.05) is 0 Å². The molecule has 1 aromatic carbocycles. The Morgan fingerprint density at radius 3 is 2.42 bits per heavy atom. The van der Waals surface area contributed by atoms with Gasteiger partial charge in [-0.15, -0.1) is 5.10 Å². The summed E-state index contributed by atoms with van der Waals surface area (Å²) in [6.45, 7) is 4.33. The van der Waals surface area contributed by atoms with Gasteiger partial charge in [0.05, 0.1) is 0 Å². The molecule has 100 valence electrons. The molecule has 0 unspecified atom stereocenters. The van der Waals surface area contributed by atoms with Crippen LogP contribution in [-0.2, 0) is 13.5 Å². The summed E-state index contributed by atoms with van der Waals surface area (Å²) in [6.07, 6.45) is 1.01. The van der Waals surface area contributed by atoms with Crippen LogP contribution >= 0.6 is 0 Å².